The number of hydrogen-bond acceptors (Lipinski definition) is 4. The first-order valence-electron chi connectivity index (χ1n) is 3.94. The molecule has 0 fully saturated rings. The van der Waals surface area contributed by atoms with Crippen LogP contribution in [0.4, 0.5) is 5.82 Å². The molecule has 0 amide bonds. The van der Waals surface area contributed by atoms with Gasteiger partial charge in [0.1, 0.15) is 12.1 Å². The van der Waals surface area contributed by atoms with E-state index in [-0.39, 0.29) is 6.04 Å². The molecule has 66 valence electrons. The Balaban J connectivity index is 2.88. The van der Waals surface area contributed by atoms with Crippen LogP contribution in [0.15, 0.2) is 12.4 Å². The monoisotopic (exact) mass is 166 g/mol. The number of nitrogen functional groups attached to an aromatic ring is 1. The van der Waals surface area contributed by atoms with E-state index in [4.69, 9.17) is 11.5 Å². The Morgan fingerprint density at radius 2 is 2.00 bits per heavy atom. The highest BCUT2D eigenvalue weighted by atomic mass is 14.9. The van der Waals surface area contributed by atoms with Gasteiger partial charge in [-0.05, 0) is 5.92 Å². The molecule has 0 radical (unpaired) electrons. The summed E-state index contributed by atoms with van der Waals surface area (Å²) in [4.78, 5) is 7.84. The Kier molecular flexibility index (Phi) is 2.60. The molecular weight excluding hydrogens is 152 g/mol. The van der Waals surface area contributed by atoms with Crippen molar-refractivity contribution in [2.24, 2.45) is 11.7 Å². The van der Waals surface area contributed by atoms with E-state index in [0.717, 1.165) is 5.69 Å². The van der Waals surface area contributed by atoms with E-state index < -0.39 is 0 Å². The molecule has 0 aromatic carbocycles. The van der Waals surface area contributed by atoms with Crippen LogP contribution in [0, 0.1) is 5.92 Å². The van der Waals surface area contributed by atoms with Crippen LogP contribution in [-0.4, -0.2) is 9.97 Å². The number of nitrogens with two attached hydrogens (primary N) is 2. The van der Waals surface area contributed by atoms with Gasteiger partial charge in [-0.15, -0.1) is 0 Å². The van der Waals surface area contributed by atoms with Gasteiger partial charge in [0.2, 0.25) is 0 Å². The lowest BCUT2D eigenvalue weighted by molar-refractivity contribution is 0.502. The van der Waals surface area contributed by atoms with Crippen LogP contribution in [0.25, 0.3) is 0 Å². The van der Waals surface area contributed by atoms with E-state index in [1.807, 2.05) is 13.8 Å². The van der Waals surface area contributed by atoms with Gasteiger partial charge in [-0.25, -0.2) is 9.97 Å². The van der Waals surface area contributed by atoms with Crippen molar-refractivity contribution < 1.29 is 0 Å². The first kappa shape index (κ1) is 8.93. The van der Waals surface area contributed by atoms with Crippen LogP contribution in [0.1, 0.15) is 25.6 Å². The van der Waals surface area contributed by atoms with Gasteiger partial charge in [0.15, 0.2) is 0 Å². The highest BCUT2D eigenvalue weighted by Crippen LogP contribution is 2.16. The minimum atomic E-state index is -0.0599. The Labute approximate surface area is 72.0 Å². The summed E-state index contributed by atoms with van der Waals surface area (Å²) in [7, 11) is 0. The zero-order valence-corrected chi connectivity index (χ0v) is 7.36. The number of aromatic nitrogens is 2. The molecule has 1 aromatic heterocycles. The van der Waals surface area contributed by atoms with Crippen molar-refractivity contribution in [2.75, 3.05) is 5.73 Å². The molecule has 4 nitrogen and oxygen atoms in total. The third-order valence-electron chi connectivity index (χ3n) is 1.77. The Bertz CT molecular complexity index is 259. The van der Waals surface area contributed by atoms with E-state index >= 15 is 0 Å². The van der Waals surface area contributed by atoms with E-state index in [1.54, 1.807) is 6.07 Å². The Hall–Kier alpha value is -1.16. The fraction of sp³-hybridized carbons (Fsp3) is 0.500. The van der Waals surface area contributed by atoms with Gasteiger partial charge in [0, 0.05) is 12.1 Å². The SMILES string of the molecule is CC(C)[C@H](N)c1cc(N)ncn1. The van der Waals surface area contributed by atoms with Crippen LogP contribution < -0.4 is 11.5 Å². The fourth-order valence-electron chi connectivity index (χ4n) is 0.912. The molecule has 0 saturated carbocycles. The van der Waals surface area contributed by atoms with Crippen molar-refractivity contribution in [3.8, 4) is 0 Å². The number of hydrogen-bond donors (Lipinski definition) is 2. The maximum atomic E-state index is 5.86. The predicted octanol–water partition coefficient (Wildman–Crippen LogP) is 0.715. The maximum absolute atomic E-state index is 5.86. The lowest BCUT2D eigenvalue weighted by Gasteiger charge is -2.14. The summed E-state index contributed by atoms with van der Waals surface area (Å²) in [6, 6.07) is 1.65. The molecule has 12 heavy (non-hydrogen) atoms. The summed E-state index contributed by atoms with van der Waals surface area (Å²) >= 11 is 0. The lowest BCUT2D eigenvalue weighted by atomic mass is 10.0. The van der Waals surface area contributed by atoms with Crippen LogP contribution in [0.5, 0.6) is 0 Å². The van der Waals surface area contributed by atoms with E-state index in [9.17, 15) is 0 Å². The zero-order chi connectivity index (χ0) is 9.14. The number of nitrogens with zero attached hydrogens (tertiary/aromatic N) is 2. The second-order valence-corrected chi connectivity index (χ2v) is 3.14. The highest BCUT2D eigenvalue weighted by molar-refractivity contribution is 5.29. The van der Waals surface area contributed by atoms with E-state index in [0.29, 0.717) is 11.7 Å². The third kappa shape index (κ3) is 1.92. The largest absolute Gasteiger partial charge is 0.384 e. The summed E-state index contributed by atoms with van der Waals surface area (Å²) in [5.74, 6) is 0.829. The van der Waals surface area contributed by atoms with Gasteiger partial charge in [-0.1, -0.05) is 13.8 Å². The van der Waals surface area contributed by atoms with Gasteiger partial charge in [-0.3, -0.25) is 0 Å². The first-order chi connectivity index (χ1) is 5.61. The molecule has 0 aliphatic heterocycles. The zero-order valence-electron chi connectivity index (χ0n) is 7.36. The summed E-state index contributed by atoms with van der Waals surface area (Å²) in [5, 5.41) is 0. The standard InChI is InChI=1S/C8H14N4/c1-5(2)8(10)6-3-7(9)12-4-11-6/h3-5,8H,10H2,1-2H3,(H2,9,11,12)/t8-/m0/s1. The summed E-state index contributed by atoms with van der Waals surface area (Å²) in [5.41, 5.74) is 12.2. The van der Waals surface area contributed by atoms with Crippen LogP contribution in [-0.2, 0) is 0 Å². The molecule has 4 N–H and O–H groups in total. The minimum absolute atomic E-state index is 0.0599. The second-order valence-electron chi connectivity index (χ2n) is 3.14. The maximum Gasteiger partial charge on any atom is 0.127 e. The van der Waals surface area contributed by atoms with Crippen molar-refractivity contribution in [1.29, 1.82) is 0 Å². The van der Waals surface area contributed by atoms with E-state index in [2.05, 4.69) is 9.97 Å². The second kappa shape index (κ2) is 3.49. The van der Waals surface area contributed by atoms with Crippen LogP contribution >= 0.6 is 0 Å². The Morgan fingerprint density at radius 1 is 1.33 bits per heavy atom. The van der Waals surface area contributed by atoms with Crippen molar-refractivity contribution in [2.45, 2.75) is 19.9 Å². The molecule has 1 rings (SSSR count). The topological polar surface area (TPSA) is 77.8 Å². The molecule has 1 aromatic rings. The molecule has 0 unspecified atom stereocenters. The number of anilines is 1. The van der Waals surface area contributed by atoms with Crippen molar-refractivity contribution in [1.82, 2.24) is 9.97 Å². The van der Waals surface area contributed by atoms with Gasteiger partial charge >= 0.3 is 0 Å². The molecule has 1 atom stereocenters. The average molecular weight is 166 g/mol. The average Bonchev–Trinajstić information content (AvgIpc) is 2.03. The van der Waals surface area contributed by atoms with E-state index in [1.165, 1.54) is 6.33 Å². The van der Waals surface area contributed by atoms with Crippen molar-refractivity contribution >= 4 is 5.82 Å². The van der Waals surface area contributed by atoms with Gasteiger partial charge in [0.25, 0.3) is 0 Å². The Morgan fingerprint density at radius 3 is 2.50 bits per heavy atom. The third-order valence-corrected chi connectivity index (χ3v) is 1.77. The quantitative estimate of drug-likeness (QED) is 0.678. The van der Waals surface area contributed by atoms with Crippen molar-refractivity contribution in [3.63, 3.8) is 0 Å². The molecule has 4 heteroatoms. The van der Waals surface area contributed by atoms with Crippen molar-refractivity contribution in [3.05, 3.63) is 18.1 Å². The molecule has 1 heterocycles. The fourth-order valence-corrected chi connectivity index (χ4v) is 0.912. The van der Waals surface area contributed by atoms with Gasteiger partial charge in [0.05, 0.1) is 5.69 Å². The number of rotatable bonds is 2. The molecule has 0 aliphatic carbocycles. The molecular formula is C8H14N4. The predicted molar refractivity (Wildman–Crippen MR) is 48.2 cm³/mol. The minimum Gasteiger partial charge on any atom is -0.384 e. The van der Waals surface area contributed by atoms with Crippen LogP contribution in [0.3, 0.4) is 0 Å². The van der Waals surface area contributed by atoms with Crippen LogP contribution in [0.2, 0.25) is 0 Å². The normalized spacial score (nSPS) is 13.3. The molecule has 0 bridgehead atoms. The smallest absolute Gasteiger partial charge is 0.127 e. The molecule has 0 saturated heterocycles. The molecule has 0 spiro atoms. The highest BCUT2D eigenvalue weighted by Gasteiger charge is 2.11. The van der Waals surface area contributed by atoms with Gasteiger partial charge in [-0.2, -0.15) is 0 Å². The lowest BCUT2D eigenvalue weighted by Crippen LogP contribution is -2.18. The summed E-state index contributed by atoms with van der Waals surface area (Å²) in [6.07, 6.45) is 1.44. The molecule has 0 aliphatic rings. The van der Waals surface area contributed by atoms with Gasteiger partial charge < -0.3 is 11.5 Å². The summed E-state index contributed by atoms with van der Waals surface area (Å²) in [6.45, 7) is 4.09. The first-order valence-corrected chi connectivity index (χ1v) is 3.94. The summed E-state index contributed by atoms with van der Waals surface area (Å²) < 4.78 is 0.